The number of nitrogens with two attached hydrogens (primary N) is 2. The number of carbonyl (C=O) groups is 2. The number of hydrogen-bond donors (Lipinski definition) is 8. The van der Waals surface area contributed by atoms with Gasteiger partial charge in [-0.2, -0.15) is 29.9 Å². The second kappa shape index (κ2) is 16.2. The first-order valence-electron chi connectivity index (χ1n) is 17.1. The predicted molar refractivity (Wildman–Crippen MR) is 198 cm³/mol. The van der Waals surface area contributed by atoms with Crippen LogP contribution in [0.2, 0.25) is 0 Å². The number of aromatic nitrogens is 6. The number of anilines is 4. The van der Waals surface area contributed by atoms with Crippen molar-refractivity contribution in [2.75, 3.05) is 47.6 Å². The van der Waals surface area contributed by atoms with Gasteiger partial charge < -0.3 is 48.1 Å². The highest BCUT2D eigenvalue weighted by Crippen LogP contribution is 2.31. The Bertz CT molecular complexity index is 1440. The number of nitrogens with zero attached hydrogens (tertiary/aromatic N) is 8. The molecule has 0 atom stereocenters. The van der Waals surface area contributed by atoms with Crippen molar-refractivity contribution in [3.05, 3.63) is 0 Å². The summed E-state index contributed by atoms with van der Waals surface area (Å²) in [4.78, 5) is 57.0. The minimum Gasteiger partial charge on any atom is -0.378 e. The first kappa shape index (κ1) is 39.2. The number of nitrogens with one attached hydrogen (secondary N) is 6. The summed E-state index contributed by atoms with van der Waals surface area (Å²) in [6, 6.07) is 0.197. The molecule has 2 saturated heterocycles. The SMILES string of the molecule is CC1(C)CC(Nc2nc(N=CC(N)=O)nc(NCCOCCNc3nc(N=CC(N)=O)nc(NC4CC(C)(C)NC(C)(C)C4)n3)n2)CC(C)(C)N1. The normalized spacial score (nSPS) is 19.9. The van der Waals surface area contributed by atoms with Crippen LogP contribution in [0, 0.1) is 0 Å². The molecule has 2 aromatic heterocycles. The topological polar surface area (TPSA) is 270 Å². The summed E-state index contributed by atoms with van der Waals surface area (Å²) in [6.07, 6.45) is 5.33. The van der Waals surface area contributed by atoms with Gasteiger partial charge in [0, 0.05) is 47.3 Å². The van der Waals surface area contributed by atoms with Crippen molar-refractivity contribution in [2.45, 2.75) is 115 Å². The Hall–Kier alpha value is -4.62. The Morgan fingerprint density at radius 1 is 0.647 bits per heavy atom. The van der Waals surface area contributed by atoms with Gasteiger partial charge in [0.2, 0.25) is 23.8 Å². The van der Waals surface area contributed by atoms with Crippen LogP contribution in [0.4, 0.5) is 35.7 Å². The summed E-state index contributed by atoms with van der Waals surface area (Å²) < 4.78 is 5.80. The Kier molecular flexibility index (Phi) is 12.4. The molecular weight excluding hydrogens is 656 g/mol. The zero-order valence-corrected chi connectivity index (χ0v) is 30.9. The maximum atomic E-state index is 11.3. The van der Waals surface area contributed by atoms with Crippen molar-refractivity contribution in [1.29, 1.82) is 0 Å². The molecule has 2 amide bonds. The molecule has 51 heavy (non-hydrogen) atoms. The van der Waals surface area contributed by atoms with Gasteiger partial charge in [0.05, 0.1) is 25.6 Å². The van der Waals surface area contributed by atoms with E-state index in [1.165, 1.54) is 0 Å². The van der Waals surface area contributed by atoms with Crippen LogP contribution >= 0.6 is 0 Å². The minimum atomic E-state index is -0.711. The van der Waals surface area contributed by atoms with Gasteiger partial charge in [0.1, 0.15) is 0 Å². The van der Waals surface area contributed by atoms with E-state index >= 15 is 0 Å². The number of rotatable bonds is 16. The molecule has 10 N–H and O–H groups in total. The molecule has 19 heteroatoms. The standard InChI is InChI=1S/C32H54N16O3/c1-29(2)13-19(14-30(3,4)47-29)39-27-43-23(41-25(45-27)37-17-21(33)49)35-9-11-51-12-10-36-24-42-26(38-18-22(34)50)46-28(44-24)40-20-15-31(5,6)48-32(7,8)16-20/h17-20,47-48H,9-16H2,1-8H3,(H2,33,49)(H2,34,50)(H2,35,39,41,43,45)(H2,36,40,42,44,46). The van der Waals surface area contributed by atoms with Crippen LogP contribution in [-0.2, 0) is 14.3 Å². The van der Waals surface area contributed by atoms with E-state index in [2.05, 4.69) is 127 Å². The Morgan fingerprint density at radius 2 is 0.980 bits per heavy atom. The molecular formula is C32H54N16O3. The molecule has 0 saturated carbocycles. The van der Waals surface area contributed by atoms with Crippen molar-refractivity contribution >= 4 is 59.9 Å². The summed E-state index contributed by atoms with van der Waals surface area (Å²) in [5.41, 5.74) is 10.1. The zero-order valence-electron chi connectivity index (χ0n) is 30.9. The number of piperidine rings is 2. The fourth-order valence-corrected chi connectivity index (χ4v) is 7.16. The molecule has 0 unspecified atom stereocenters. The third kappa shape index (κ3) is 13.6. The lowest BCUT2D eigenvalue weighted by Gasteiger charge is -2.46. The molecule has 0 bridgehead atoms. The van der Waals surface area contributed by atoms with E-state index in [0.29, 0.717) is 38.2 Å². The molecule has 2 fully saturated rings. The predicted octanol–water partition coefficient (Wildman–Crippen LogP) is 1.41. The van der Waals surface area contributed by atoms with E-state index in [4.69, 9.17) is 16.2 Å². The molecule has 2 aliphatic heterocycles. The first-order chi connectivity index (χ1) is 23.8. The van der Waals surface area contributed by atoms with E-state index in [9.17, 15) is 9.59 Å². The Morgan fingerprint density at radius 3 is 1.31 bits per heavy atom. The van der Waals surface area contributed by atoms with Gasteiger partial charge in [-0.15, -0.1) is 0 Å². The van der Waals surface area contributed by atoms with Gasteiger partial charge in [-0.05, 0) is 81.1 Å². The third-order valence-corrected chi connectivity index (χ3v) is 7.97. The number of ether oxygens (including phenoxy) is 1. The summed E-state index contributed by atoms with van der Waals surface area (Å²) in [7, 11) is 0. The van der Waals surface area contributed by atoms with Crippen molar-refractivity contribution in [2.24, 2.45) is 21.5 Å². The molecule has 2 aromatic rings. The van der Waals surface area contributed by atoms with Crippen LogP contribution in [0.25, 0.3) is 0 Å². The number of primary amides is 2. The van der Waals surface area contributed by atoms with Crippen LogP contribution < -0.4 is 43.4 Å². The average Bonchev–Trinajstić information content (AvgIpc) is 2.95. The fraction of sp³-hybridized carbons (Fsp3) is 0.688. The molecule has 0 aromatic carbocycles. The van der Waals surface area contributed by atoms with Gasteiger partial charge in [-0.3, -0.25) is 9.59 Å². The van der Waals surface area contributed by atoms with E-state index in [0.717, 1.165) is 38.1 Å². The summed E-state index contributed by atoms with van der Waals surface area (Å²) in [5.74, 6) is -0.109. The van der Waals surface area contributed by atoms with Crippen molar-refractivity contribution < 1.29 is 14.3 Å². The summed E-state index contributed by atoms with van der Waals surface area (Å²) in [5, 5.41) is 20.4. The van der Waals surface area contributed by atoms with Crippen molar-refractivity contribution in [3.8, 4) is 0 Å². The lowest BCUT2D eigenvalue weighted by Crippen LogP contribution is -2.60. The van der Waals surface area contributed by atoms with E-state index in [-0.39, 0.29) is 58.0 Å². The third-order valence-electron chi connectivity index (χ3n) is 7.97. The van der Waals surface area contributed by atoms with Crippen LogP contribution in [0.1, 0.15) is 81.1 Å². The second-order valence-electron chi connectivity index (χ2n) is 15.6. The molecule has 0 aliphatic carbocycles. The van der Waals surface area contributed by atoms with E-state index < -0.39 is 11.8 Å². The lowest BCUT2D eigenvalue weighted by atomic mass is 9.79. The average molecular weight is 711 g/mol. The largest absolute Gasteiger partial charge is 0.378 e. The highest BCUT2D eigenvalue weighted by Gasteiger charge is 2.39. The molecule has 0 spiro atoms. The molecule has 4 rings (SSSR count). The highest BCUT2D eigenvalue weighted by molar-refractivity contribution is 6.26. The van der Waals surface area contributed by atoms with Crippen LogP contribution in [0.15, 0.2) is 9.98 Å². The maximum Gasteiger partial charge on any atom is 0.259 e. The van der Waals surface area contributed by atoms with Gasteiger partial charge in [0.25, 0.3) is 23.7 Å². The van der Waals surface area contributed by atoms with Crippen molar-refractivity contribution in [1.82, 2.24) is 40.5 Å². The number of amides is 2. The fourth-order valence-electron chi connectivity index (χ4n) is 7.16. The van der Waals surface area contributed by atoms with Crippen LogP contribution in [0.5, 0.6) is 0 Å². The second-order valence-corrected chi connectivity index (χ2v) is 15.6. The smallest absolute Gasteiger partial charge is 0.259 e. The molecule has 0 radical (unpaired) electrons. The number of carbonyl (C=O) groups excluding carboxylic acids is 2. The van der Waals surface area contributed by atoms with Crippen LogP contribution in [-0.4, -0.2) is 115 Å². The maximum absolute atomic E-state index is 11.3. The molecule has 19 nitrogen and oxygen atoms in total. The lowest BCUT2D eigenvalue weighted by molar-refractivity contribution is -0.112. The van der Waals surface area contributed by atoms with Gasteiger partial charge in [-0.1, -0.05) is 0 Å². The van der Waals surface area contributed by atoms with Gasteiger partial charge in [-0.25, -0.2) is 9.98 Å². The zero-order chi connectivity index (χ0) is 37.5. The van der Waals surface area contributed by atoms with Gasteiger partial charge in [0.15, 0.2) is 0 Å². The summed E-state index contributed by atoms with van der Waals surface area (Å²) >= 11 is 0. The highest BCUT2D eigenvalue weighted by atomic mass is 16.5. The monoisotopic (exact) mass is 710 g/mol. The first-order valence-corrected chi connectivity index (χ1v) is 17.1. The molecule has 4 heterocycles. The number of hydrogen-bond acceptors (Lipinski definition) is 17. The Balaban J connectivity index is 1.32. The minimum absolute atomic E-state index is 0.0460. The van der Waals surface area contributed by atoms with Crippen molar-refractivity contribution in [3.63, 3.8) is 0 Å². The van der Waals surface area contributed by atoms with E-state index in [1.54, 1.807) is 0 Å². The Labute approximate surface area is 298 Å². The van der Waals surface area contributed by atoms with Crippen LogP contribution in [0.3, 0.4) is 0 Å². The summed E-state index contributed by atoms with van der Waals surface area (Å²) in [6.45, 7) is 18.7. The van der Waals surface area contributed by atoms with Gasteiger partial charge >= 0.3 is 0 Å². The number of aliphatic imine (C=N–C) groups is 2. The molecule has 280 valence electrons. The quantitative estimate of drug-likeness (QED) is 0.0904. The van der Waals surface area contributed by atoms with E-state index in [1.807, 2.05) is 0 Å². The molecule has 2 aliphatic rings.